The SMILES string of the molecule is C=CCCC(=O)NC[C@H](C)OC(=O)[C@H]1[C@@H]2O[C@@]3(CC2Br)[C@@H]1C(=O)N([C@@H](CO)C(C)C)[C@@H]3C(=O)N(CC=C)c1ccc(N(CC)CC)cc1. The van der Waals surface area contributed by atoms with Crippen LogP contribution in [0, 0.1) is 17.8 Å². The number of halogens is 1. The zero-order valence-corrected chi connectivity index (χ0v) is 30.4. The molecule has 3 aliphatic heterocycles. The molecule has 3 amide bonds. The second-order valence-electron chi connectivity index (χ2n) is 13.2. The monoisotopic (exact) mass is 730 g/mol. The number of carbonyl (C=O) groups is 4. The summed E-state index contributed by atoms with van der Waals surface area (Å²) in [5.74, 6) is -3.75. The molecule has 1 aromatic rings. The largest absolute Gasteiger partial charge is 0.460 e. The Hall–Kier alpha value is -3.22. The number of fused-ring (bicyclic) bond motifs is 1. The van der Waals surface area contributed by atoms with Gasteiger partial charge in [-0.25, -0.2) is 0 Å². The van der Waals surface area contributed by atoms with E-state index in [1.807, 2.05) is 38.1 Å². The predicted octanol–water partition coefficient (Wildman–Crippen LogP) is 3.83. The molecule has 48 heavy (non-hydrogen) atoms. The van der Waals surface area contributed by atoms with Gasteiger partial charge in [-0.05, 0) is 63.8 Å². The van der Waals surface area contributed by atoms with Crippen LogP contribution < -0.4 is 15.1 Å². The lowest BCUT2D eigenvalue weighted by molar-refractivity contribution is -0.159. The first-order valence-electron chi connectivity index (χ1n) is 17.0. The molecule has 1 spiro atoms. The van der Waals surface area contributed by atoms with Crippen molar-refractivity contribution in [1.82, 2.24) is 10.2 Å². The number of alkyl halides is 1. The molecule has 2 bridgehead atoms. The molecule has 3 heterocycles. The van der Waals surface area contributed by atoms with E-state index in [0.717, 1.165) is 18.8 Å². The fourth-order valence-corrected chi connectivity index (χ4v) is 8.47. The molecule has 3 fully saturated rings. The number of anilines is 2. The van der Waals surface area contributed by atoms with Crippen LogP contribution in [-0.4, -0.2) is 101 Å². The van der Waals surface area contributed by atoms with Gasteiger partial charge >= 0.3 is 5.97 Å². The van der Waals surface area contributed by atoms with E-state index in [-0.39, 0.29) is 48.7 Å². The highest BCUT2D eigenvalue weighted by atomic mass is 79.9. The van der Waals surface area contributed by atoms with Gasteiger partial charge in [-0.15, -0.1) is 13.2 Å². The van der Waals surface area contributed by atoms with Crippen molar-refractivity contribution in [3.8, 4) is 0 Å². The van der Waals surface area contributed by atoms with Crippen LogP contribution in [0.15, 0.2) is 49.6 Å². The number of nitrogens with one attached hydrogen (secondary N) is 1. The van der Waals surface area contributed by atoms with Crippen molar-refractivity contribution in [3.63, 3.8) is 0 Å². The first-order chi connectivity index (χ1) is 22.9. The molecule has 0 saturated carbocycles. The third-order valence-corrected chi connectivity index (χ3v) is 10.7. The Bertz CT molecular complexity index is 1350. The normalized spacial score (nSPS) is 27.0. The van der Waals surface area contributed by atoms with Crippen molar-refractivity contribution in [2.75, 3.05) is 42.6 Å². The lowest BCUT2D eigenvalue weighted by atomic mass is 9.70. The van der Waals surface area contributed by atoms with Crippen LogP contribution in [0.1, 0.15) is 53.9 Å². The zero-order chi connectivity index (χ0) is 35.3. The lowest BCUT2D eigenvalue weighted by Gasteiger charge is -2.40. The maximum Gasteiger partial charge on any atom is 0.312 e. The molecule has 4 rings (SSSR count). The average Bonchev–Trinajstić information content (AvgIpc) is 3.66. The summed E-state index contributed by atoms with van der Waals surface area (Å²) in [6.07, 6.45) is 3.06. The first-order valence-corrected chi connectivity index (χ1v) is 17.9. The first kappa shape index (κ1) is 37.6. The summed E-state index contributed by atoms with van der Waals surface area (Å²) in [6.45, 7) is 18.7. The second-order valence-corrected chi connectivity index (χ2v) is 14.4. The standard InChI is InChI=1S/C36H51BrN4O7/c1-8-12-13-28(43)38-20-23(7)47-35(46)29-30-33(44)41(27(21-42)22(5)6)32(36(30)19-26(37)31(29)48-36)34(45)40(18-9-2)25-16-14-24(15-17-25)39(10-3)11-4/h8-9,14-17,22-23,26-27,29-32,42H,1-2,10-13,18-21H2,3-7H3,(H,38,43)/t23-,26?,27-,29+,30-,31+,32+,36-/m0/s1. The van der Waals surface area contributed by atoms with Crippen LogP contribution in [-0.2, 0) is 28.7 Å². The van der Waals surface area contributed by atoms with Crippen molar-refractivity contribution in [1.29, 1.82) is 0 Å². The Morgan fingerprint density at radius 2 is 1.79 bits per heavy atom. The van der Waals surface area contributed by atoms with E-state index in [2.05, 4.69) is 53.2 Å². The third kappa shape index (κ3) is 7.07. The Labute approximate surface area is 292 Å². The molecule has 1 aromatic carbocycles. The van der Waals surface area contributed by atoms with Gasteiger partial charge in [0.2, 0.25) is 11.8 Å². The van der Waals surface area contributed by atoms with Crippen LogP contribution in [0.4, 0.5) is 11.4 Å². The number of carbonyl (C=O) groups excluding carboxylic acids is 4. The lowest BCUT2D eigenvalue weighted by Crippen LogP contribution is -2.60. The Balaban J connectivity index is 1.69. The number of benzene rings is 1. The van der Waals surface area contributed by atoms with Gasteiger partial charge in [-0.3, -0.25) is 19.2 Å². The topological polar surface area (TPSA) is 129 Å². The summed E-state index contributed by atoms with van der Waals surface area (Å²) in [4.78, 5) is 60.4. The summed E-state index contributed by atoms with van der Waals surface area (Å²) < 4.78 is 12.5. The molecule has 3 saturated heterocycles. The van der Waals surface area contributed by atoms with E-state index >= 15 is 0 Å². The van der Waals surface area contributed by atoms with Gasteiger partial charge < -0.3 is 34.6 Å². The third-order valence-electron chi connectivity index (χ3n) is 9.89. The number of aliphatic hydroxyl groups excluding tert-OH is 1. The molecule has 0 aliphatic carbocycles. The predicted molar refractivity (Wildman–Crippen MR) is 189 cm³/mol. The molecular formula is C36H51BrN4O7. The number of nitrogens with zero attached hydrogens (tertiary/aromatic N) is 3. The number of hydrogen-bond donors (Lipinski definition) is 2. The van der Waals surface area contributed by atoms with E-state index < -0.39 is 53.6 Å². The molecule has 0 aromatic heterocycles. The van der Waals surface area contributed by atoms with Gasteiger partial charge in [-0.2, -0.15) is 0 Å². The maximum atomic E-state index is 14.9. The van der Waals surface area contributed by atoms with Gasteiger partial charge in [0.15, 0.2) is 0 Å². The van der Waals surface area contributed by atoms with E-state index in [4.69, 9.17) is 9.47 Å². The average molecular weight is 732 g/mol. The van der Waals surface area contributed by atoms with Crippen molar-refractivity contribution in [2.45, 2.75) is 88.6 Å². The minimum absolute atomic E-state index is 0.109. The van der Waals surface area contributed by atoms with Crippen molar-refractivity contribution in [2.24, 2.45) is 17.8 Å². The highest BCUT2D eigenvalue weighted by Crippen LogP contribution is 2.61. The summed E-state index contributed by atoms with van der Waals surface area (Å²) in [7, 11) is 0. The highest BCUT2D eigenvalue weighted by Gasteiger charge is 2.77. The van der Waals surface area contributed by atoms with Crippen molar-refractivity contribution in [3.05, 3.63) is 49.6 Å². The number of aliphatic hydroxyl groups is 1. The Morgan fingerprint density at radius 3 is 2.35 bits per heavy atom. The second kappa shape index (κ2) is 16.0. The van der Waals surface area contributed by atoms with Gasteiger partial charge in [0.1, 0.15) is 17.7 Å². The fourth-order valence-electron chi connectivity index (χ4n) is 7.52. The summed E-state index contributed by atoms with van der Waals surface area (Å²) >= 11 is 3.70. The molecule has 11 nitrogen and oxygen atoms in total. The Kier molecular flexibility index (Phi) is 12.5. The van der Waals surface area contributed by atoms with Crippen molar-refractivity contribution >= 4 is 51.0 Å². The summed E-state index contributed by atoms with van der Waals surface area (Å²) in [5, 5.41) is 13.3. The summed E-state index contributed by atoms with van der Waals surface area (Å²) in [6, 6.07) is 5.90. The van der Waals surface area contributed by atoms with Crippen LogP contribution in [0.5, 0.6) is 0 Å². The van der Waals surface area contributed by atoms with E-state index in [1.54, 1.807) is 24.0 Å². The molecule has 0 radical (unpaired) electrons. The number of ether oxygens (including phenoxy) is 2. The van der Waals surface area contributed by atoms with Gasteiger partial charge in [0.25, 0.3) is 5.91 Å². The number of esters is 1. The maximum absolute atomic E-state index is 14.9. The number of likely N-dealkylation sites (tertiary alicyclic amines) is 1. The molecule has 8 atom stereocenters. The quantitative estimate of drug-likeness (QED) is 0.141. The van der Waals surface area contributed by atoms with E-state index in [1.165, 1.54) is 4.90 Å². The minimum Gasteiger partial charge on any atom is -0.460 e. The van der Waals surface area contributed by atoms with Crippen LogP contribution in [0.25, 0.3) is 0 Å². The molecule has 2 N–H and O–H groups in total. The highest BCUT2D eigenvalue weighted by molar-refractivity contribution is 9.09. The molecule has 264 valence electrons. The molecule has 1 unspecified atom stereocenters. The number of amides is 3. The van der Waals surface area contributed by atoms with E-state index in [0.29, 0.717) is 18.5 Å². The number of rotatable bonds is 17. The molecule has 3 aliphatic rings. The van der Waals surface area contributed by atoms with Gasteiger partial charge in [-0.1, -0.05) is 41.9 Å². The molecular weight excluding hydrogens is 680 g/mol. The number of allylic oxidation sites excluding steroid dienone is 1. The number of hydrogen-bond acceptors (Lipinski definition) is 8. The minimum atomic E-state index is -1.33. The van der Waals surface area contributed by atoms with Crippen molar-refractivity contribution < 1.29 is 33.8 Å². The zero-order valence-electron chi connectivity index (χ0n) is 28.8. The summed E-state index contributed by atoms with van der Waals surface area (Å²) in [5.41, 5.74) is 0.330. The van der Waals surface area contributed by atoms with E-state index in [9.17, 15) is 24.3 Å². The van der Waals surface area contributed by atoms with Gasteiger partial charge in [0.05, 0.1) is 37.1 Å². The van der Waals surface area contributed by atoms with Crippen LogP contribution >= 0.6 is 15.9 Å². The molecule has 12 heteroatoms. The Morgan fingerprint density at radius 1 is 1.15 bits per heavy atom. The van der Waals surface area contributed by atoms with Crippen LogP contribution in [0.3, 0.4) is 0 Å². The fraction of sp³-hybridized carbons (Fsp3) is 0.611. The smallest absolute Gasteiger partial charge is 0.312 e. The van der Waals surface area contributed by atoms with Gasteiger partial charge in [0, 0.05) is 42.3 Å². The van der Waals surface area contributed by atoms with Crippen LogP contribution in [0.2, 0.25) is 0 Å².